The summed E-state index contributed by atoms with van der Waals surface area (Å²) in [5, 5.41) is 8.28. The van der Waals surface area contributed by atoms with Gasteiger partial charge in [0.15, 0.2) is 0 Å². The van der Waals surface area contributed by atoms with Crippen LogP contribution < -0.4 is 16.0 Å². The van der Waals surface area contributed by atoms with Gasteiger partial charge in [-0.3, -0.25) is 14.9 Å². The van der Waals surface area contributed by atoms with Crippen LogP contribution in [0.2, 0.25) is 5.02 Å². The van der Waals surface area contributed by atoms with E-state index in [1.54, 1.807) is 11.8 Å². The van der Waals surface area contributed by atoms with Gasteiger partial charge < -0.3 is 10.6 Å². The van der Waals surface area contributed by atoms with E-state index in [4.69, 9.17) is 11.6 Å². The molecule has 2 heterocycles. The monoisotopic (exact) mass is 353 g/mol. The molecule has 0 aromatic heterocycles. The Labute approximate surface area is 142 Å². The van der Waals surface area contributed by atoms with Crippen molar-refractivity contribution in [2.45, 2.75) is 36.2 Å². The second-order valence-electron chi connectivity index (χ2n) is 5.49. The summed E-state index contributed by atoms with van der Waals surface area (Å²) in [6, 6.07) is 4.51. The highest BCUT2D eigenvalue weighted by Gasteiger charge is 2.30. The molecule has 4 amide bonds. The molecular weight excluding hydrogens is 338 g/mol. The van der Waals surface area contributed by atoms with Crippen LogP contribution in [0.4, 0.5) is 4.79 Å². The summed E-state index contributed by atoms with van der Waals surface area (Å²) in [4.78, 5) is 35.8. The topological polar surface area (TPSA) is 87.3 Å². The molecule has 2 aliphatic rings. The number of benzene rings is 1. The van der Waals surface area contributed by atoms with Crippen molar-refractivity contribution in [1.82, 2.24) is 16.0 Å². The number of rotatable bonds is 4. The number of carbonyl (C=O) groups excluding carboxylic acids is 3. The van der Waals surface area contributed by atoms with E-state index in [1.807, 2.05) is 18.2 Å². The maximum atomic E-state index is 12.2. The lowest BCUT2D eigenvalue weighted by molar-refractivity contribution is -0.122. The Morgan fingerprint density at radius 3 is 2.96 bits per heavy atom. The van der Waals surface area contributed by atoms with Gasteiger partial charge in [0, 0.05) is 22.1 Å². The predicted octanol–water partition coefficient (Wildman–Crippen LogP) is 1.98. The molecule has 0 saturated carbocycles. The van der Waals surface area contributed by atoms with Crippen molar-refractivity contribution in [3.8, 4) is 0 Å². The van der Waals surface area contributed by atoms with E-state index < -0.39 is 12.1 Å². The second kappa shape index (κ2) is 6.80. The van der Waals surface area contributed by atoms with Crippen LogP contribution in [0.5, 0.6) is 0 Å². The number of thioether (sulfide) groups is 1. The highest BCUT2D eigenvalue weighted by molar-refractivity contribution is 7.99. The molecule has 0 unspecified atom stereocenters. The molecule has 3 N–H and O–H groups in total. The van der Waals surface area contributed by atoms with E-state index in [-0.39, 0.29) is 30.7 Å². The highest BCUT2D eigenvalue weighted by atomic mass is 35.5. The Bertz CT molecular complexity index is 667. The summed E-state index contributed by atoms with van der Waals surface area (Å²) in [7, 11) is 0. The largest absolute Gasteiger partial charge is 0.349 e. The summed E-state index contributed by atoms with van der Waals surface area (Å²) in [5.74, 6) is 0.413. The number of urea groups is 1. The first-order valence-electron chi connectivity index (χ1n) is 7.36. The third kappa shape index (κ3) is 3.79. The molecule has 8 heteroatoms. The second-order valence-corrected chi connectivity index (χ2v) is 7.07. The minimum atomic E-state index is -0.628. The highest BCUT2D eigenvalue weighted by Crippen LogP contribution is 2.37. The van der Waals surface area contributed by atoms with E-state index in [9.17, 15) is 14.4 Å². The normalized spacial score (nSPS) is 23.0. The van der Waals surface area contributed by atoms with Crippen LogP contribution >= 0.6 is 23.4 Å². The lowest BCUT2D eigenvalue weighted by Crippen LogP contribution is -2.34. The first kappa shape index (κ1) is 16.1. The van der Waals surface area contributed by atoms with Crippen molar-refractivity contribution in [2.75, 3.05) is 5.75 Å². The molecule has 23 heavy (non-hydrogen) atoms. The maximum absolute atomic E-state index is 12.2. The average Bonchev–Trinajstić information content (AvgIpc) is 2.84. The molecule has 0 aliphatic carbocycles. The minimum Gasteiger partial charge on any atom is -0.349 e. The summed E-state index contributed by atoms with van der Waals surface area (Å²) in [5.41, 5.74) is 1.04. The zero-order chi connectivity index (χ0) is 16.4. The smallest absolute Gasteiger partial charge is 0.322 e. The minimum absolute atomic E-state index is 0.0653. The average molecular weight is 354 g/mol. The molecule has 0 bridgehead atoms. The van der Waals surface area contributed by atoms with E-state index in [2.05, 4.69) is 16.0 Å². The number of hydrogen-bond acceptors (Lipinski definition) is 4. The molecule has 2 atom stereocenters. The molecule has 122 valence electrons. The Balaban J connectivity index is 1.58. The van der Waals surface area contributed by atoms with E-state index >= 15 is 0 Å². The third-order valence-corrected chi connectivity index (χ3v) is 5.22. The number of halogens is 1. The molecule has 0 radical (unpaired) electrons. The molecule has 6 nitrogen and oxygen atoms in total. The Morgan fingerprint density at radius 2 is 2.22 bits per heavy atom. The van der Waals surface area contributed by atoms with Crippen molar-refractivity contribution in [2.24, 2.45) is 0 Å². The zero-order valence-corrected chi connectivity index (χ0v) is 13.8. The van der Waals surface area contributed by atoms with Crippen LogP contribution in [-0.4, -0.2) is 29.6 Å². The molecule has 2 aliphatic heterocycles. The van der Waals surface area contributed by atoms with Crippen LogP contribution in [0, 0.1) is 0 Å². The van der Waals surface area contributed by atoms with Crippen LogP contribution in [0.1, 0.15) is 30.9 Å². The number of imide groups is 1. The first-order valence-corrected chi connectivity index (χ1v) is 8.72. The van der Waals surface area contributed by atoms with E-state index in [1.165, 1.54) is 0 Å². The molecule has 1 aromatic rings. The van der Waals surface area contributed by atoms with Gasteiger partial charge in [0.1, 0.15) is 6.04 Å². The van der Waals surface area contributed by atoms with Crippen molar-refractivity contribution in [3.05, 3.63) is 28.8 Å². The summed E-state index contributed by atoms with van der Waals surface area (Å²) in [6.07, 6.45) is 1.30. The SMILES string of the molecule is O=C(CC[C@H]1NC(=O)NC1=O)N[C@H]1CCSc2ccc(Cl)cc21. The molecule has 1 fully saturated rings. The molecule has 0 spiro atoms. The van der Waals surface area contributed by atoms with E-state index in [0.717, 1.165) is 22.6 Å². The van der Waals surface area contributed by atoms with Crippen molar-refractivity contribution >= 4 is 41.2 Å². The van der Waals surface area contributed by atoms with Gasteiger partial charge in [-0.1, -0.05) is 11.6 Å². The Hall–Kier alpha value is -1.73. The van der Waals surface area contributed by atoms with Crippen LogP contribution in [0.3, 0.4) is 0 Å². The van der Waals surface area contributed by atoms with Crippen LogP contribution in [0.15, 0.2) is 23.1 Å². The van der Waals surface area contributed by atoms with Gasteiger partial charge in [-0.05, 0) is 36.6 Å². The van der Waals surface area contributed by atoms with E-state index in [0.29, 0.717) is 5.02 Å². The molecule has 3 rings (SSSR count). The standard InChI is InChI=1S/C15H16ClN3O3S/c16-8-1-3-12-9(7-8)10(5-6-23-12)17-13(20)4-2-11-14(21)19-15(22)18-11/h1,3,7,10-11H,2,4-6H2,(H,17,20)(H2,18,19,21,22)/t10-,11+/m0/s1. The van der Waals surface area contributed by atoms with Gasteiger partial charge in [0.25, 0.3) is 5.91 Å². The number of amides is 4. The van der Waals surface area contributed by atoms with Crippen molar-refractivity contribution < 1.29 is 14.4 Å². The summed E-state index contributed by atoms with van der Waals surface area (Å²) >= 11 is 7.80. The van der Waals surface area contributed by atoms with Gasteiger partial charge >= 0.3 is 6.03 Å². The van der Waals surface area contributed by atoms with Gasteiger partial charge in [0.05, 0.1) is 6.04 Å². The van der Waals surface area contributed by atoms with Crippen molar-refractivity contribution in [3.63, 3.8) is 0 Å². The van der Waals surface area contributed by atoms with Gasteiger partial charge in [-0.25, -0.2) is 4.79 Å². The number of hydrogen-bond donors (Lipinski definition) is 3. The number of carbonyl (C=O) groups is 3. The summed E-state index contributed by atoms with van der Waals surface area (Å²) in [6.45, 7) is 0. The predicted molar refractivity (Wildman–Crippen MR) is 87.4 cm³/mol. The van der Waals surface area contributed by atoms with Gasteiger partial charge in [-0.2, -0.15) is 0 Å². The maximum Gasteiger partial charge on any atom is 0.322 e. The van der Waals surface area contributed by atoms with Gasteiger partial charge in [0.2, 0.25) is 5.91 Å². The molecule has 1 saturated heterocycles. The Kier molecular flexibility index (Phi) is 4.77. The molecular formula is C15H16ClN3O3S. The molecule has 1 aromatic carbocycles. The van der Waals surface area contributed by atoms with Crippen molar-refractivity contribution in [1.29, 1.82) is 0 Å². The van der Waals surface area contributed by atoms with Crippen LogP contribution in [-0.2, 0) is 9.59 Å². The first-order chi connectivity index (χ1) is 11.0. The van der Waals surface area contributed by atoms with Gasteiger partial charge in [-0.15, -0.1) is 11.8 Å². The summed E-state index contributed by atoms with van der Waals surface area (Å²) < 4.78 is 0. The fourth-order valence-corrected chi connectivity index (χ4v) is 4.01. The fraction of sp³-hybridized carbons (Fsp3) is 0.400. The lowest BCUT2D eigenvalue weighted by Gasteiger charge is -2.26. The fourth-order valence-electron chi connectivity index (χ4n) is 2.72. The number of nitrogens with one attached hydrogen (secondary N) is 3. The Morgan fingerprint density at radius 1 is 1.39 bits per heavy atom. The zero-order valence-electron chi connectivity index (χ0n) is 12.2. The lowest BCUT2D eigenvalue weighted by atomic mass is 10.0. The van der Waals surface area contributed by atoms with Crippen LogP contribution in [0.25, 0.3) is 0 Å². The quantitative estimate of drug-likeness (QED) is 0.722. The third-order valence-electron chi connectivity index (χ3n) is 3.87. The number of fused-ring (bicyclic) bond motifs is 1.